The molecular weight excluding hydrogens is 452 g/mol. The van der Waals surface area contributed by atoms with Gasteiger partial charge >= 0.3 is 0 Å². The summed E-state index contributed by atoms with van der Waals surface area (Å²) in [7, 11) is 2.15. The van der Waals surface area contributed by atoms with Crippen molar-refractivity contribution >= 4 is 17.2 Å². The van der Waals surface area contributed by atoms with Crippen LogP contribution in [0.15, 0.2) is 89.6 Å². The molecule has 0 amide bonds. The fraction of sp³-hybridized carbons (Fsp3) is 0.412. The second kappa shape index (κ2) is 12.4. The van der Waals surface area contributed by atoms with Crippen LogP contribution < -0.4 is 4.90 Å². The number of likely N-dealkylation sites (N-methyl/N-ethyl adjacent to an activating group) is 1. The Labute approximate surface area is 224 Å². The van der Waals surface area contributed by atoms with Crippen LogP contribution in [0.1, 0.15) is 77.0 Å². The summed E-state index contributed by atoms with van der Waals surface area (Å²) in [6.45, 7) is 13.7. The Hall–Kier alpha value is -3.20. The molecule has 0 saturated carbocycles. The lowest BCUT2D eigenvalue weighted by Gasteiger charge is -2.28. The summed E-state index contributed by atoms with van der Waals surface area (Å²) in [5, 5.41) is 0. The molecule has 3 heteroatoms. The highest BCUT2D eigenvalue weighted by atomic mass is 16.1. The zero-order valence-corrected chi connectivity index (χ0v) is 23.8. The van der Waals surface area contributed by atoms with E-state index in [1.807, 2.05) is 0 Å². The van der Waals surface area contributed by atoms with Crippen molar-refractivity contribution in [3.05, 3.63) is 101 Å². The van der Waals surface area contributed by atoms with Crippen molar-refractivity contribution in [2.75, 3.05) is 18.5 Å². The number of para-hydroxylation sites is 1. The Kier molecular flexibility index (Phi) is 9.48. The molecule has 0 spiro atoms. The largest absolute Gasteiger partial charge is 0.347 e. The number of carbonyl (C=O) groups excluding carboxylic acids is 1. The molecule has 0 saturated heterocycles. The van der Waals surface area contributed by atoms with E-state index < -0.39 is 0 Å². The van der Waals surface area contributed by atoms with Crippen LogP contribution >= 0.6 is 0 Å². The average molecular weight is 497 g/mol. The number of fused-ring (bicyclic) bond motifs is 1. The summed E-state index contributed by atoms with van der Waals surface area (Å²) in [5.41, 5.74) is 7.36. The Bertz CT molecular complexity index is 1210. The summed E-state index contributed by atoms with van der Waals surface area (Å²) in [6, 6.07) is 17.2. The summed E-state index contributed by atoms with van der Waals surface area (Å²) in [5.74, 6) is 0.269. The molecule has 3 nitrogen and oxygen atoms in total. The summed E-state index contributed by atoms with van der Waals surface area (Å²) < 4.78 is 0. The molecule has 1 heterocycles. The molecule has 1 aliphatic heterocycles. The van der Waals surface area contributed by atoms with Crippen LogP contribution in [-0.2, 0) is 15.6 Å². The molecule has 0 atom stereocenters. The van der Waals surface area contributed by atoms with E-state index in [-0.39, 0.29) is 16.6 Å². The first-order valence-electron chi connectivity index (χ1n) is 13.6. The molecular formula is C34H44N2O. The lowest BCUT2D eigenvalue weighted by Crippen LogP contribution is -2.29. The SMILES string of the molecule is CC(=O)CCCCCN=C(/C=C/C=C/C=C1/N(C)c2ccccc2C1(C)C)C(C)(C)c1ccccc1C. The fourth-order valence-electron chi connectivity index (χ4n) is 5.39. The fourth-order valence-corrected chi connectivity index (χ4v) is 5.39. The number of ketones is 1. The molecule has 0 aromatic heterocycles. The van der Waals surface area contributed by atoms with E-state index in [9.17, 15) is 4.79 Å². The van der Waals surface area contributed by atoms with Gasteiger partial charge in [-0.1, -0.05) is 94.8 Å². The minimum atomic E-state index is -0.206. The van der Waals surface area contributed by atoms with Crippen LogP contribution in [-0.4, -0.2) is 25.1 Å². The number of carbonyl (C=O) groups is 1. The zero-order valence-electron chi connectivity index (χ0n) is 23.8. The first-order chi connectivity index (χ1) is 17.6. The summed E-state index contributed by atoms with van der Waals surface area (Å²) in [4.78, 5) is 18.6. The van der Waals surface area contributed by atoms with Crippen molar-refractivity contribution in [3.63, 3.8) is 0 Å². The van der Waals surface area contributed by atoms with Gasteiger partial charge in [0, 0.05) is 47.9 Å². The average Bonchev–Trinajstić information content (AvgIpc) is 3.04. The van der Waals surface area contributed by atoms with Crippen molar-refractivity contribution in [2.24, 2.45) is 4.99 Å². The van der Waals surface area contributed by atoms with Gasteiger partial charge in [0.1, 0.15) is 5.78 Å². The van der Waals surface area contributed by atoms with Gasteiger partial charge in [0.05, 0.1) is 0 Å². The van der Waals surface area contributed by atoms with Crippen LogP contribution in [0.2, 0.25) is 0 Å². The van der Waals surface area contributed by atoms with E-state index in [2.05, 4.69) is 125 Å². The number of nitrogens with zero attached hydrogens (tertiary/aromatic N) is 2. The highest BCUT2D eigenvalue weighted by Crippen LogP contribution is 2.46. The Morgan fingerprint density at radius 3 is 2.38 bits per heavy atom. The molecule has 0 aliphatic carbocycles. The monoisotopic (exact) mass is 496 g/mol. The number of hydrogen-bond acceptors (Lipinski definition) is 3. The number of Topliss-reactive ketones (excluding diaryl/α,β-unsaturated/α-hetero) is 1. The number of aliphatic imine (C=N–C) groups is 1. The number of unbranched alkanes of at least 4 members (excludes halogenated alkanes) is 2. The minimum absolute atomic E-state index is 0.0266. The van der Waals surface area contributed by atoms with E-state index in [4.69, 9.17) is 4.99 Å². The van der Waals surface area contributed by atoms with Gasteiger partial charge in [0.15, 0.2) is 0 Å². The molecule has 196 valence electrons. The Morgan fingerprint density at radius 1 is 0.973 bits per heavy atom. The van der Waals surface area contributed by atoms with Crippen LogP contribution in [0.4, 0.5) is 5.69 Å². The maximum atomic E-state index is 11.2. The molecule has 37 heavy (non-hydrogen) atoms. The number of rotatable bonds is 11. The molecule has 0 N–H and O–H groups in total. The molecule has 3 rings (SSSR count). The number of aryl methyl sites for hydroxylation is 1. The van der Waals surface area contributed by atoms with Gasteiger partial charge in [-0.3, -0.25) is 4.99 Å². The normalized spacial score (nSPS) is 16.8. The third-order valence-electron chi connectivity index (χ3n) is 7.60. The molecule has 0 bridgehead atoms. The maximum Gasteiger partial charge on any atom is 0.129 e. The van der Waals surface area contributed by atoms with Gasteiger partial charge in [-0.25, -0.2) is 0 Å². The molecule has 1 aliphatic rings. The van der Waals surface area contributed by atoms with E-state index in [0.29, 0.717) is 6.42 Å². The van der Waals surface area contributed by atoms with Gasteiger partial charge in [0.25, 0.3) is 0 Å². The second-order valence-corrected chi connectivity index (χ2v) is 11.2. The molecule has 2 aromatic rings. The van der Waals surface area contributed by atoms with Gasteiger partial charge in [-0.2, -0.15) is 0 Å². The van der Waals surface area contributed by atoms with E-state index in [1.54, 1.807) is 6.92 Å². The highest BCUT2D eigenvalue weighted by Gasteiger charge is 2.37. The van der Waals surface area contributed by atoms with Crippen LogP contribution in [0.5, 0.6) is 0 Å². The second-order valence-electron chi connectivity index (χ2n) is 11.2. The summed E-state index contributed by atoms with van der Waals surface area (Å²) >= 11 is 0. The van der Waals surface area contributed by atoms with Crippen molar-refractivity contribution in [2.45, 2.75) is 78.1 Å². The number of hydrogen-bond donors (Lipinski definition) is 0. The summed E-state index contributed by atoms with van der Waals surface area (Å²) in [6.07, 6.45) is 14.4. The maximum absolute atomic E-state index is 11.2. The van der Waals surface area contributed by atoms with E-state index in [0.717, 1.165) is 31.5 Å². The smallest absolute Gasteiger partial charge is 0.129 e. The van der Waals surface area contributed by atoms with Gasteiger partial charge in [-0.05, 0) is 61.6 Å². The van der Waals surface area contributed by atoms with Crippen LogP contribution in [0.3, 0.4) is 0 Å². The van der Waals surface area contributed by atoms with Gasteiger partial charge in [0.2, 0.25) is 0 Å². The molecule has 0 radical (unpaired) electrons. The Balaban J connectivity index is 1.78. The van der Waals surface area contributed by atoms with Gasteiger partial charge < -0.3 is 9.69 Å². The van der Waals surface area contributed by atoms with Crippen molar-refractivity contribution in [3.8, 4) is 0 Å². The predicted octanol–water partition coefficient (Wildman–Crippen LogP) is 8.29. The third-order valence-corrected chi connectivity index (χ3v) is 7.60. The van der Waals surface area contributed by atoms with Gasteiger partial charge in [-0.15, -0.1) is 0 Å². The van der Waals surface area contributed by atoms with E-state index in [1.165, 1.54) is 28.1 Å². The lowest BCUT2D eigenvalue weighted by molar-refractivity contribution is -0.117. The topological polar surface area (TPSA) is 32.7 Å². The van der Waals surface area contributed by atoms with Crippen LogP contribution in [0.25, 0.3) is 0 Å². The van der Waals surface area contributed by atoms with Crippen molar-refractivity contribution in [1.29, 1.82) is 0 Å². The first kappa shape index (κ1) is 28.4. The minimum Gasteiger partial charge on any atom is -0.347 e. The molecule has 0 fully saturated rings. The van der Waals surface area contributed by atoms with Crippen LogP contribution in [0, 0.1) is 6.92 Å². The van der Waals surface area contributed by atoms with E-state index >= 15 is 0 Å². The number of anilines is 1. The first-order valence-corrected chi connectivity index (χ1v) is 13.6. The zero-order chi connectivity index (χ0) is 27.1. The molecule has 0 unspecified atom stereocenters. The standard InChI is InChI=1S/C34H44N2O/c1-26-18-13-14-20-28(26)33(3,4)31(35-25-17-9-10-19-27(2)37)23-11-8-12-24-32-34(5,6)29-21-15-16-22-30(29)36(32)7/h8,11-16,18,20-24H,9-10,17,19,25H2,1-7H3/b12-8+,23-11+,32-24+,35-31?. The highest BCUT2D eigenvalue weighted by molar-refractivity contribution is 6.03. The number of allylic oxidation sites excluding steroid dienone is 6. The third kappa shape index (κ3) is 6.77. The molecule has 2 aromatic carbocycles. The number of benzene rings is 2. The lowest BCUT2D eigenvalue weighted by atomic mass is 9.77. The Morgan fingerprint density at radius 2 is 1.68 bits per heavy atom. The van der Waals surface area contributed by atoms with Crippen molar-refractivity contribution < 1.29 is 4.79 Å². The quantitative estimate of drug-likeness (QED) is 0.178. The van der Waals surface area contributed by atoms with Crippen molar-refractivity contribution in [1.82, 2.24) is 0 Å². The predicted molar refractivity (Wildman–Crippen MR) is 160 cm³/mol.